The third-order valence-corrected chi connectivity index (χ3v) is 4.89. The molecule has 0 aliphatic heterocycles. The van der Waals surface area contributed by atoms with Gasteiger partial charge in [-0.25, -0.2) is 9.07 Å². The smallest absolute Gasteiger partial charge is 0.283 e. The van der Waals surface area contributed by atoms with Crippen LogP contribution >= 0.6 is 0 Å². The number of hydrogen-bond donors (Lipinski definition) is 0. The molecule has 0 saturated carbocycles. The van der Waals surface area contributed by atoms with Gasteiger partial charge in [-0.2, -0.15) is 5.10 Å². The second kappa shape index (κ2) is 8.75. The first-order chi connectivity index (χ1) is 15.0. The Morgan fingerprint density at radius 1 is 0.935 bits per heavy atom. The lowest BCUT2D eigenvalue weighted by Gasteiger charge is -2.23. The zero-order valence-electron chi connectivity index (χ0n) is 16.9. The lowest BCUT2D eigenvalue weighted by atomic mass is 10.1. The third kappa shape index (κ3) is 4.28. The molecule has 0 atom stereocenters. The summed E-state index contributed by atoms with van der Waals surface area (Å²) in [4.78, 5) is 27.7. The molecule has 4 aromatic rings. The Labute approximate surface area is 179 Å². The summed E-state index contributed by atoms with van der Waals surface area (Å²) in [6.45, 7) is 1.91. The number of aryl methyl sites for hydroxylation is 1. The fourth-order valence-corrected chi connectivity index (χ4v) is 3.35. The summed E-state index contributed by atoms with van der Waals surface area (Å²) in [5.74, 6) is -1.05. The summed E-state index contributed by atoms with van der Waals surface area (Å²) in [6.07, 6.45) is 0. The van der Waals surface area contributed by atoms with Crippen LogP contribution in [0.2, 0.25) is 0 Å². The number of carbonyl (C=O) groups excluding carboxylic acids is 1. The maximum absolute atomic E-state index is 14.4. The van der Waals surface area contributed by atoms with Gasteiger partial charge in [-0.15, -0.1) is 0 Å². The molecule has 0 N–H and O–H groups in total. The van der Waals surface area contributed by atoms with Gasteiger partial charge in [-0.3, -0.25) is 9.59 Å². The van der Waals surface area contributed by atoms with E-state index in [9.17, 15) is 14.0 Å². The molecule has 0 radical (unpaired) electrons. The van der Waals surface area contributed by atoms with Gasteiger partial charge in [0.1, 0.15) is 11.5 Å². The van der Waals surface area contributed by atoms with Gasteiger partial charge in [0.05, 0.1) is 6.54 Å². The average molecular weight is 413 g/mol. The molecule has 5 nitrogen and oxygen atoms in total. The van der Waals surface area contributed by atoms with Crippen LogP contribution in [0.5, 0.6) is 0 Å². The first-order valence-electron chi connectivity index (χ1n) is 9.81. The highest BCUT2D eigenvalue weighted by molar-refractivity contribution is 6.04. The molecule has 1 amide bonds. The van der Waals surface area contributed by atoms with Crippen molar-refractivity contribution in [3.8, 4) is 5.69 Å². The number of anilines is 1. The van der Waals surface area contributed by atoms with Gasteiger partial charge < -0.3 is 4.90 Å². The van der Waals surface area contributed by atoms with Crippen LogP contribution in [0.25, 0.3) is 5.69 Å². The number of rotatable bonds is 5. The van der Waals surface area contributed by atoms with E-state index in [-0.39, 0.29) is 17.9 Å². The van der Waals surface area contributed by atoms with E-state index >= 15 is 0 Å². The number of para-hydroxylation sites is 2. The lowest BCUT2D eigenvalue weighted by Crippen LogP contribution is -2.36. The van der Waals surface area contributed by atoms with Crippen molar-refractivity contribution < 1.29 is 9.18 Å². The molecule has 0 aliphatic rings. The standard InChI is InChI=1S/C25H20FN3O2/c1-18-16-23(30)24(27-29(18)22-15-9-8-14-21(22)26)25(31)28(20-12-6-3-7-13-20)17-19-10-4-2-5-11-19/h2-16H,17H2,1H3. The summed E-state index contributed by atoms with van der Waals surface area (Å²) in [5, 5.41) is 4.26. The van der Waals surface area contributed by atoms with Crippen molar-refractivity contribution in [3.63, 3.8) is 0 Å². The molecular weight excluding hydrogens is 393 g/mol. The molecular formula is C25H20FN3O2. The molecule has 0 fully saturated rings. The maximum Gasteiger partial charge on any atom is 0.283 e. The normalized spacial score (nSPS) is 10.6. The number of aromatic nitrogens is 2. The second-order valence-corrected chi connectivity index (χ2v) is 7.07. The van der Waals surface area contributed by atoms with Crippen LogP contribution in [0, 0.1) is 12.7 Å². The molecule has 1 heterocycles. The van der Waals surface area contributed by atoms with Crippen molar-refractivity contribution in [2.24, 2.45) is 0 Å². The average Bonchev–Trinajstić information content (AvgIpc) is 2.79. The van der Waals surface area contributed by atoms with E-state index in [0.29, 0.717) is 11.4 Å². The van der Waals surface area contributed by atoms with Crippen LogP contribution in [0.4, 0.5) is 10.1 Å². The highest BCUT2D eigenvalue weighted by atomic mass is 19.1. The monoisotopic (exact) mass is 413 g/mol. The summed E-state index contributed by atoms with van der Waals surface area (Å²) < 4.78 is 15.7. The Morgan fingerprint density at radius 3 is 2.23 bits per heavy atom. The third-order valence-electron chi connectivity index (χ3n) is 4.89. The number of amides is 1. The summed E-state index contributed by atoms with van der Waals surface area (Å²) in [5.41, 5.74) is 1.36. The predicted molar refractivity (Wildman–Crippen MR) is 118 cm³/mol. The van der Waals surface area contributed by atoms with Gasteiger partial charge in [0.2, 0.25) is 5.43 Å². The summed E-state index contributed by atoms with van der Waals surface area (Å²) in [6, 6.07) is 26.0. The molecule has 0 unspecified atom stereocenters. The van der Waals surface area contributed by atoms with Crippen LogP contribution in [0.1, 0.15) is 21.7 Å². The first-order valence-corrected chi connectivity index (χ1v) is 9.81. The molecule has 6 heteroatoms. The lowest BCUT2D eigenvalue weighted by molar-refractivity contribution is 0.0977. The van der Waals surface area contributed by atoms with Gasteiger partial charge >= 0.3 is 0 Å². The van der Waals surface area contributed by atoms with Gasteiger partial charge in [-0.05, 0) is 36.8 Å². The van der Waals surface area contributed by atoms with Crippen molar-refractivity contribution in [1.82, 2.24) is 9.78 Å². The highest BCUT2D eigenvalue weighted by Gasteiger charge is 2.24. The first kappa shape index (κ1) is 20.2. The van der Waals surface area contributed by atoms with Crippen molar-refractivity contribution >= 4 is 11.6 Å². The van der Waals surface area contributed by atoms with Gasteiger partial charge in [-0.1, -0.05) is 60.7 Å². The summed E-state index contributed by atoms with van der Waals surface area (Å²) >= 11 is 0. The van der Waals surface area contributed by atoms with E-state index < -0.39 is 17.2 Å². The number of nitrogens with zero attached hydrogens (tertiary/aromatic N) is 3. The SMILES string of the molecule is Cc1cc(=O)c(C(=O)N(Cc2ccccc2)c2ccccc2)nn1-c1ccccc1F. The molecule has 0 spiro atoms. The highest BCUT2D eigenvalue weighted by Crippen LogP contribution is 2.20. The van der Waals surface area contributed by atoms with Crippen LogP contribution < -0.4 is 10.3 Å². The van der Waals surface area contributed by atoms with E-state index in [2.05, 4.69) is 5.10 Å². The predicted octanol–water partition coefficient (Wildman–Crippen LogP) is 4.53. The molecule has 154 valence electrons. The minimum atomic E-state index is -0.551. The van der Waals surface area contributed by atoms with E-state index in [1.165, 1.54) is 21.7 Å². The van der Waals surface area contributed by atoms with Crippen LogP contribution in [0.15, 0.2) is 95.8 Å². The van der Waals surface area contributed by atoms with Crippen molar-refractivity contribution in [1.29, 1.82) is 0 Å². The van der Waals surface area contributed by atoms with E-state index in [1.54, 1.807) is 37.3 Å². The van der Waals surface area contributed by atoms with Crippen molar-refractivity contribution in [2.75, 3.05) is 4.90 Å². The molecule has 0 aliphatic carbocycles. The molecule has 0 bridgehead atoms. The number of carbonyl (C=O) groups is 1. The Morgan fingerprint density at radius 2 is 1.55 bits per heavy atom. The van der Waals surface area contributed by atoms with Crippen LogP contribution in [0.3, 0.4) is 0 Å². The zero-order chi connectivity index (χ0) is 21.8. The Kier molecular flexibility index (Phi) is 5.71. The van der Waals surface area contributed by atoms with Gasteiger partial charge in [0, 0.05) is 17.4 Å². The number of hydrogen-bond acceptors (Lipinski definition) is 3. The minimum absolute atomic E-state index is 0.170. The van der Waals surface area contributed by atoms with Crippen molar-refractivity contribution in [2.45, 2.75) is 13.5 Å². The number of halogens is 1. The van der Waals surface area contributed by atoms with Gasteiger partial charge in [0.15, 0.2) is 5.69 Å². The van der Waals surface area contributed by atoms with E-state index in [1.807, 2.05) is 48.5 Å². The van der Waals surface area contributed by atoms with Crippen molar-refractivity contribution in [3.05, 3.63) is 124 Å². The zero-order valence-corrected chi connectivity index (χ0v) is 16.9. The van der Waals surface area contributed by atoms with E-state index in [4.69, 9.17) is 0 Å². The fraction of sp³-hybridized carbons (Fsp3) is 0.0800. The molecule has 31 heavy (non-hydrogen) atoms. The van der Waals surface area contributed by atoms with Crippen LogP contribution in [-0.4, -0.2) is 15.7 Å². The topological polar surface area (TPSA) is 55.2 Å². The van der Waals surface area contributed by atoms with Gasteiger partial charge in [0.25, 0.3) is 5.91 Å². The molecule has 4 rings (SSSR count). The summed E-state index contributed by atoms with van der Waals surface area (Å²) in [7, 11) is 0. The molecule has 0 saturated heterocycles. The maximum atomic E-state index is 14.4. The van der Waals surface area contributed by atoms with E-state index in [0.717, 1.165) is 5.56 Å². The quantitative estimate of drug-likeness (QED) is 0.483. The fourth-order valence-electron chi connectivity index (χ4n) is 3.35. The minimum Gasteiger partial charge on any atom is -0.302 e. The molecule has 3 aromatic carbocycles. The molecule has 1 aromatic heterocycles. The Balaban J connectivity index is 1.81. The Bertz CT molecular complexity index is 1270. The Hall–Kier alpha value is -4.06. The van der Waals surface area contributed by atoms with Crippen LogP contribution in [-0.2, 0) is 6.54 Å². The second-order valence-electron chi connectivity index (χ2n) is 7.07. The largest absolute Gasteiger partial charge is 0.302 e. The number of benzene rings is 3.